The SMILES string of the molecule is CC(C)C1CCCN(C(=O)C(N)c2ccccc2)CC1.Cl. The maximum atomic E-state index is 12.5. The molecule has 2 atom stereocenters. The third-order valence-electron chi connectivity index (χ3n) is 4.45. The number of nitrogens with two attached hydrogens (primary N) is 1. The second-order valence-electron chi connectivity index (χ2n) is 6.15. The number of halogens is 1. The van der Waals surface area contributed by atoms with E-state index < -0.39 is 6.04 Å². The molecule has 2 unspecified atom stereocenters. The highest BCUT2D eigenvalue weighted by Gasteiger charge is 2.26. The van der Waals surface area contributed by atoms with E-state index in [1.807, 2.05) is 35.2 Å². The zero-order chi connectivity index (χ0) is 14.5. The standard InChI is InChI=1S/C17H26N2O.ClH/c1-13(2)14-9-6-11-19(12-10-14)17(20)16(18)15-7-4-3-5-8-15;/h3-5,7-8,13-14,16H,6,9-12,18H2,1-2H3;1H. The highest BCUT2D eigenvalue weighted by molar-refractivity contribution is 5.85. The first-order chi connectivity index (χ1) is 9.59. The molecule has 0 bridgehead atoms. The van der Waals surface area contributed by atoms with E-state index in [0.717, 1.165) is 37.4 Å². The van der Waals surface area contributed by atoms with Gasteiger partial charge in [-0.1, -0.05) is 44.2 Å². The molecule has 1 saturated heterocycles. The first-order valence-corrected chi connectivity index (χ1v) is 7.69. The van der Waals surface area contributed by atoms with Gasteiger partial charge >= 0.3 is 0 Å². The van der Waals surface area contributed by atoms with Gasteiger partial charge in [-0.15, -0.1) is 12.4 Å². The van der Waals surface area contributed by atoms with Gasteiger partial charge in [0, 0.05) is 13.1 Å². The van der Waals surface area contributed by atoms with Gasteiger partial charge in [0.1, 0.15) is 6.04 Å². The van der Waals surface area contributed by atoms with Gasteiger partial charge in [0.25, 0.3) is 0 Å². The van der Waals surface area contributed by atoms with Crippen molar-refractivity contribution in [3.63, 3.8) is 0 Å². The predicted octanol–water partition coefficient (Wildman–Crippen LogP) is 3.39. The van der Waals surface area contributed by atoms with E-state index >= 15 is 0 Å². The molecule has 1 aromatic rings. The zero-order valence-corrected chi connectivity index (χ0v) is 13.8. The van der Waals surface area contributed by atoms with Crippen LogP contribution in [0.3, 0.4) is 0 Å². The number of carbonyl (C=O) groups excluding carboxylic acids is 1. The topological polar surface area (TPSA) is 46.3 Å². The van der Waals surface area contributed by atoms with Crippen LogP contribution in [-0.2, 0) is 4.79 Å². The summed E-state index contributed by atoms with van der Waals surface area (Å²) in [5, 5.41) is 0. The predicted molar refractivity (Wildman–Crippen MR) is 89.4 cm³/mol. The minimum absolute atomic E-state index is 0. The normalized spacial score (nSPS) is 20.6. The first kappa shape index (κ1) is 18.0. The van der Waals surface area contributed by atoms with Crippen LogP contribution in [0.2, 0.25) is 0 Å². The van der Waals surface area contributed by atoms with Crippen molar-refractivity contribution >= 4 is 18.3 Å². The Bertz CT molecular complexity index is 436. The average molecular weight is 311 g/mol. The Morgan fingerprint density at radius 1 is 1.19 bits per heavy atom. The second-order valence-corrected chi connectivity index (χ2v) is 6.15. The molecule has 0 aliphatic carbocycles. The zero-order valence-electron chi connectivity index (χ0n) is 13.0. The maximum absolute atomic E-state index is 12.5. The molecule has 1 aliphatic heterocycles. The molecule has 118 valence electrons. The smallest absolute Gasteiger partial charge is 0.244 e. The largest absolute Gasteiger partial charge is 0.341 e. The summed E-state index contributed by atoms with van der Waals surface area (Å²) in [6, 6.07) is 9.14. The van der Waals surface area contributed by atoms with Gasteiger partial charge < -0.3 is 10.6 Å². The van der Waals surface area contributed by atoms with E-state index in [-0.39, 0.29) is 18.3 Å². The molecule has 4 heteroatoms. The Hall–Kier alpha value is -1.06. The van der Waals surface area contributed by atoms with Crippen molar-refractivity contribution in [1.82, 2.24) is 4.90 Å². The molecule has 2 N–H and O–H groups in total. The van der Waals surface area contributed by atoms with E-state index in [4.69, 9.17) is 5.73 Å². The summed E-state index contributed by atoms with van der Waals surface area (Å²) in [7, 11) is 0. The summed E-state index contributed by atoms with van der Waals surface area (Å²) < 4.78 is 0. The number of likely N-dealkylation sites (tertiary alicyclic amines) is 1. The van der Waals surface area contributed by atoms with Crippen LogP contribution < -0.4 is 5.73 Å². The summed E-state index contributed by atoms with van der Waals surface area (Å²) in [5.41, 5.74) is 7.03. The molecule has 0 aromatic heterocycles. The number of amides is 1. The number of nitrogens with zero attached hydrogens (tertiary/aromatic N) is 1. The van der Waals surface area contributed by atoms with Crippen molar-refractivity contribution in [3.8, 4) is 0 Å². The molecule has 2 rings (SSSR count). The van der Waals surface area contributed by atoms with Gasteiger partial charge in [0.2, 0.25) is 5.91 Å². The number of carbonyl (C=O) groups is 1. The molecule has 1 fully saturated rings. The third-order valence-corrected chi connectivity index (χ3v) is 4.45. The molecule has 1 aromatic carbocycles. The molecule has 0 spiro atoms. The average Bonchev–Trinajstić information content (AvgIpc) is 2.72. The van der Waals surface area contributed by atoms with Crippen molar-refractivity contribution in [2.75, 3.05) is 13.1 Å². The molecule has 1 heterocycles. The number of rotatable bonds is 3. The number of hydrogen-bond donors (Lipinski definition) is 1. The molecular weight excluding hydrogens is 284 g/mol. The molecule has 3 nitrogen and oxygen atoms in total. The van der Waals surface area contributed by atoms with Crippen molar-refractivity contribution in [2.45, 2.75) is 39.2 Å². The van der Waals surface area contributed by atoms with Crippen LogP contribution in [0, 0.1) is 11.8 Å². The van der Waals surface area contributed by atoms with Crippen molar-refractivity contribution < 1.29 is 4.79 Å². The van der Waals surface area contributed by atoms with Gasteiger partial charge in [-0.25, -0.2) is 0 Å². The van der Waals surface area contributed by atoms with Crippen LogP contribution >= 0.6 is 12.4 Å². The van der Waals surface area contributed by atoms with Crippen LogP contribution in [0.5, 0.6) is 0 Å². The van der Waals surface area contributed by atoms with Gasteiger partial charge in [-0.2, -0.15) is 0 Å². The van der Waals surface area contributed by atoms with E-state index in [0.29, 0.717) is 5.92 Å². The summed E-state index contributed by atoms with van der Waals surface area (Å²) in [4.78, 5) is 14.5. The van der Waals surface area contributed by atoms with Crippen molar-refractivity contribution in [3.05, 3.63) is 35.9 Å². The molecule has 21 heavy (non-hydrogen) atoms. The molecular formula is C17H27ClN2O. The lowest BCUT2D eigenvalue weighted by Gasteiger charge is -2.24. The van der Waals surface area contributed by atoms with Crippen LogP contribution in [0.4, 0.5) is 0 Å². The summed E-state index contributed by atoms with van der Waals surface area (Å²) in [5.74, 6) is 1.51. The van der Waals surface area contributed by atoms with E-state index in [9.17, 15) is 4.79 Å². The Labute approximate surface area is 134 Å². The van der Waals surface area contributed by atoms with E-state index in [2.05, 4.69) is 13.8 Å². The van der Waals surface area contributed by atoms with Crippen molar-refractivity contribution in [2.24, 2.45) is 17.6 Å². The van der Waals surface area contributed by atoms with Crippen LogP contribution in [0.15, 0.2) is 30.3 Å². The van der Waals surface area contributed by atoms with Gasteiger partial charge in [-0.3, -0.25) is 4.79 Å². The number of benzene rings is 1. The van der Waals surface area contributed by atoms with Gasteiger partial charge in [-0.05, 0) is 36.7 Å². The fraction of sp³-hybridized carbons (Fsp3) is 0.588. The highest BCUT2D eigenvalue weighted by atomic mass is 35.5. The Morgan fingerprint density at radius 2 is 1.86 bits per heavy atom. The molecule has 0 saturated carbocycles. The fourth-order valence-electron chi connectivity index (χ4n) is 3.01. The van der Waals surface area contributed by atoms with Gasteiger partial charge in [0.05, 0.1) is 0 Å². The third kappa shape index (κ3) is 4.72. The maximum Gasteiger partial charge on any atom is 0.244 e. The first-order valence-electron chi connectivity index (χ1n) is 7.69. The Balaban J connectivity index is 0.00000220. The molecule has 1 amide bonds. The summed E-state index contributed by atoms with van der Waals surface area (Å²) in [6.07, 6.45) is 3.42. The van der Waals surface area contributed by atoms with Crippen LogP contribution in [-0.4, -0.2) is 23.9 Å². The quantitative estimate of drug-likeness (QED) is 0.930. The van der Waals surface area contributed by atoms with Crippen LogP contribution in [0.25, 0.3) is 0 Å². The Kier molecular flexibility index (Phi) is 7.20. The lowest BCUT2D eigenvalue weighted by Crippen LogP contribution is -2.39. The lowest BCUT2D eigenvalue weighted by atomic mass is 9.89. The van der Waals surface area contributed by atoms with E-state index in [1.54, 1.807) is 0 Å². The monoisotopic (exact) mass is 310 g/mol. The second kappa shape index (κ2) is 8.40. The highest BCUT2D eigenvalue weighted by Crippen LogP contribution is 2.25. The Morgan fingerprint density at radius 3 is 2.48 bits per heavy atom. The number of hydrogen-bond acceptors (Lipinski definition) is 2. The summed E-state index contributed by atoms with van der Waals surface area (Å²) >= 11 is 0. The lowest BCUT2D eigenvalue weighted by molar-refractivity contribution is -0.132. The fourth-order valence-corrected chi connectivity index (χ4v) is 3.01. The van der Waals surface area contributed by atoms with Crippen molar-refractivity contribution in [1.29, 1.82) is 0 Å². The molecule has 0 radical (unpaired) electrons. The minimum Gasteiger partial charge on any atom is -0.341 e. The van der Waals surface area contributed by atoms with Gasteiger partial charge in [0.15, 0.2) is 0 Å². The minimum atomic E-state index is -0.521. The summed E-state index contributed by atoms with van der Waals surface area (Å²) in [6.45, 7) is 6.25. The van der Waals surface area contributed by atoms with E-state index in [1.165, 1.54) is 6.42 Å². The van der Waals surface area contributed by atoms with Crippen LogP contribution in [0.1, 0.15) is 44.7 Å². The molecule has 1 aliphatic rings.